The highest BCUT2D eigenvalue weighted by Crippen LogP contribution is 2.29. The van der Waals surface area contributed by atoms with Crippen molar-refractivity contribution in [3.05, 3.63) is 40.3 Å². The van der Waals surface area contributed by atoms with Gasteiger partial charge < -0.3 is 5.32 Å². The van der Waals surface area contributed by atoms with E-state index in [0.717, 1.165) is 40.5 Å². The van der Waals surface area contributed by atoms with Crippen LogP contribution in [0.15, 0.2) is 12.1 Å². The third-order valence-electron chi connectivity index (χ3n) is 4.66. The van der Waals surface area contributed by atoms with E-state index >= 15 is 0 Å². The van der Waals surface area contributed by atoms with Gasteiger partial charge in [0.05, 0.1) is 16.8 Å². The molecule has 1 aromatic carbocycles. The summed E-state index contributed by atoms with van der Waals surface area (Å²) in [6, 6.07) is 4.73. The molecule has 0 aliphatic carbocycles. The van der Waals surface area contributed by atoms with Gasteiger partial charge in [-0.1, -0.05) is 24.6 Å². The topological polar surface area (TPSA) is 55.6 Å². The molecule has 0 radical (unpaired) electrons. The summed E-state index contributed by atoms with van der Waals surface area (Å²) in [6.45, 7) is 14.7. The van der Waals surface area contributed by atoms with Gasteiger partial charge in [0.2, 0.25) is 0 Å². The van der Waals surface area contributed by atoms with Crippen LogP contribution in [0.5, 0.6) is 0 Å². The van der Waals surface area contributed by atoms with Crippen molar-refractivity contribution in [1.29, 1.82) is 0 Å². The Morgan fingerprint density at radius 2 is 1.68 bits per heavy atom. The monoisotopic (exact) mass is 337 g/mol. The number of nitrogens with one attached hydrogen (secondary N) is 1. The number of nitrogens with zero attached hydrogens (tertiary/aromatic N) is 4. The molecule has 0 aliphatic rings. The Balaban J connectivity index is 2.29. The van der Waals surface area contributed by atoms with E-state index in [1.165, 1.54) is 16.7 Å². The van der Waals surface area contributed by atoms with Gasteiger partial charge in [-0.3, -0.25) is 0 Å². The second-order valence-electron chi connectivity index (χ2n) is 7.02. The van der Waals surface area contributed by atoms with Crippen LogP contribution in [-0.4, -0.2) is 25.8 Å². The average Bonchev–Trinajstić information content (AvgIpc) is 2.82. The molecule has 3 aromatic rings. The maximum Gasteiger partial charge on any atom is 0.168 e. The summed E-state index contributed by atoms with van der Waals surface area (Å²) in [6.07, 6.45) is 1.04. The van der Waals surface area contributed by atoms with E-state index in [9.17, 15) is 0 Å². The number of hydrogen-bond acceptors (Lipinski definition) is 4. The molecule has 0 bridgehead atoms. The van der Waals surface area contributed by atoms with Crippen molar-refractivity contribution in [1.82, 2.24) is 19.7 Å². The van der Waals surface area contributed by atoms with E-state index in [0.29, 0.717) is 6.04 Å². The minimum atomic E-state index is 0.350. The lowest BCUT2D eigenvalue weighted by Crippen LogP contribution is -2.15. The molecule has 0 aliphatic heterocycles. The van der Waals surface area contributed by atoms with Crippen molar-refractivity contribution in [2.45, 2.75) is 60.9 Å². The van der Waals surface area contributed by atoms with Crippen molar-refractivity contribution < 1.29 is 0 Å². The van der Waals surface area contributed by atoms with Crippen LogP contribution in [0.25, 0.3) is 16.7 Å². The summed E-state index contributed by atoms with van der Waals surface area (Å²) >= 11 is 0. The molecular weight excluding hydrogens is 310 g/mol. The van der Waals surface area contributed by atoms with Crippen LogP contribution in [0.3, 0.4) is 0 Å². The van der Waals surface area contributed by atoms with E-state index in [4.69, 9.17) is 10.1 Å². The maximum atomic E-state index is 4.82. The molecule has 5 heteroatoms. The number of hydrogen-bond donors (Lipinski definition) is 1. The zero-order valence-corrected chi connectivity index (χ0v) is 16.2. The zero-order chi connectivity index (χ0) is 18.3. The van der Waals surface area contributed by atoms with E-state index < -0.39 is 0 Å². The van der Waals surface area contributed by atoms with Crippen LogP contribution in [0, 0.1) is 34.6 Å². The first-order chi connectivity index (χ1) is 11.8. The van der Waals surface area contributed by atoms with Gasteiger partial charge in [0.1, 0.15) is 11.6 Å². The lowest BCUT2D eigenvalue weighted by molar-refractivity contribution is 0.759. The predicted octanol–water partition coefficient (Wildman–Crippen LogP) is 4.57. The van der Waals surface area contributed by atoms with Crippen molar-refractivity contribution in [2.24, 2.45) is 0 Å². The standard InChI is InChI=1S/C20H27N5/c1-8-14(5)21-19-17-15(6)24-25(20(17)23-16(7)22-19)18-12(3)9-11(2)10-13(18)4/h9-10,14H,8H2,1-7H3,(H,21,22,23). The molecular formula is C20H27N5. The van der Waals surface area contributed by atoms with Crippen molar-refractivity contribution in [2.75, 3.05) is 5.32 Å². The minimum absolute atomic E-state index is 0.350. The molecule has 132 valence electrons. The molecule has 0 amide bonds. The fourth-order valence-electron chi connectivity index (χ4n) is 3.39. The smallest absolute Gasteiger partial charge is 0.168 e. The third kappa shape index (κ3) is 3.11. The quantitative estimate of drug-likeness (QED) is 0.758. The summed E-state index contributed by atoms with van der Waals surface area (Å²) in [5, 5.41) is 9.34. The Morgan fingerprint density at radius 3 is 2.28 bits per heavy atom. The van der Waals surface area contributed by atoms with Crippen molar-refractivity contribution >= 4 is 16.9 Å². The zero-order valence-electron chi connectivity index (χ0n) is 16.2. The summed E-state index contributed by atoms with van der Waals surface area (Å²) in [4.78, 5) is 9.36. The first kappa shape index (κ1) is 17.4. The molecule has 1 atom stereocenters. The van der Waals surface area contributed by atoms with Crippen LogP contribution in [0.2, 0.25) is 0 Å². The molecule has 2 aromatic heterocycles. The molecule has 3 rings (SSSR count). The molecule has 1 unspecified atom stereocenters. The summed E-state index contributed by atoms with van der Waals surface area (Å²) in [5.74, 6) is 1.63. The van der Waals surface area contributed by atoms with E-state index in [1.807, 2.05) is 18.5 Å². The van der Waals surface area contributed by atoms with Crippen LogP contribution in [0.4, 0.5) is 5.82 Å². The van der Waals surface area contributed by atoms with Gasteiger partial charge >= 0.3 is 0 Å². The summed E-state index contributed by atoms with van der Waals surface area (Å²) < 4.78 is 1.98. The highest BCUT2D eigenvalue weighted by atomic mass is 15.3. The maximum absolute atomic E-state index is 4.82. The van der Waals surface area contributed by atoms with E-state index in [2.05, 4.69) is 57.1 Å². The Morgan fingerprint density at radius 1 is 1.04 bits per heavy atom. The molecule has 0 fully saturated rings. The van der Waals surface area contributed by atoms with E-state index in [-0.39, 0.29) is 0 Å². The fourth-order valence-corrected chi connectivity index (χ4v) is 3.39. The highest BCUT2D eigenvalue weighted by Gasteiger charge is 2.19. The summed E-state index contributed by atoms with van der Waals surface area (Å²) in [7, 11) is 0. The van der Waals surface area contributed by atoms with Crippen LogP contribution < -0.4 is 5.32 Å². The first-order valence-corrected chi connectivity index (χ1v) is 8.90. The van der Waals surface area contributed by atoms with Crippen LogP contribution in [0.1, 0.15) is 48.5 Å². The second kappa shape index (κ2) is 6.47. The van der Waals surface area contributed by atoms with Crippen LogP contribution >= 0.6 is 0 Å². The minimum Gasteiger partial charge on any atom is -0.367 e. The van der Waals surface area contributed by atoms with E-state index in [1.54, 1.807) is 0 Å². The van der Waals surface area contributed by atoms with Gasteiger partial charge in [-0.2, -0.15) is 5.10 Å². The molecule has 1 N–H and O–H groups in total. The van der Waals surface area contributed by atoms with Gasteiger partial charge in [-0.15, -0.1) is 0 Å². The second-order valence-corrected chi connectivity index (χ2v) is 7.02. The molecule has 0 spiro atoms. The number of aryl methyl sites for hydroxylation is 5. The lowest BCUT2D eigenvalue weighted by Gasteiger charge is -2.15. The molecule has 2 heterocycles. The number of rotatable bonds is 4. The Kier molecular flexibility index (Phi) is 4.50. The predicted molar refractivity (Wildman–Crippen MR) is 104 cm³/mol. The largest absolute Gasteiger partial charge is 0.367 e. The Bertz CT molecular complexity index is 916. The third-order valence-corrected chi connectivity index (χ3v) is 4.66. The molecule has 25 heavy (non-hydrogen) atoms. The number of fused-ring (bicyclic) bond motifs is 1. The Hall–Kier alpha value is -2.43. The first-order valence-electron chi connectivity index (χ1n) is 8.90. The van der Waals surface area contributed by atoms with Gasteiger partial charge in [0.15, 0.2) is 5.65 Å². The van der Waals surface area contributed by atoms with Gasteiger partial charge in [0, 0.05) is 6.04 Å². The normalized spacial score (nSPS) is 12.6. The molecule has 0 saturated heterocycles. The number of aromatic nitrogens is 4. The SMILES string of the molecule is CCC(C)Nc1nc(C)nc2c1c(C)nn2-c1c(C)cc(C)cc1C. The lowest BCUT2D eigenvalue weighted by atomic mass is 10.1. The van der Waals surface area contributed by atoms with Crippen molar-refractivity contribution in [3.8, 4) is 5.69 Å². The van der Waals surface area contributed by atoms with Crippen molar-refractivity contribution in [3.63, 3.8) is 0 Å². The highest BCUT2D eigenvalue weighted by molar-refractivity contribution is 5.90. The molecule has 0 saturated carbocycles. The average molecular weight is 337 g/mol. The Labute approximate surface area is 149 Å². The summed E-state index contributed by atoms with van der Waals surface area (Å²) in [5.41, 5.74) is 6.59. The van der Waals surface area contributed by atoms with Gasteiger partial charge in [0.25, 0.3) is 0 Å². The fraction of sp³-hybridized carbons (Fsp3) is 0.450. The van der Waals surface area contributed by atoms with Crippen LogP contribution in [-0.2, 0) is 0 Å². The number of anilines is 1. The van der Waals surface area contributed by atoms with Gasteiger partial charge in [-0.05, 0) is 59.1 Å². The van der Waals surface area contributed by atoms with Gasteiger partial charge in [-0.25, -0.2) is 14.6 Å². The number of benzene rings is 1. The molecule has 5 nitrogen and oxygen atoms in total.